The molecule has 14 atom stereocenters. The summed E-state index contributed by atoms with van der Waals surface area (Å²) in [5.41, 5.74) is 30.7. The number of primary amides is 1. The maximum Gasteiger partial charge on any atom is 0.326 e. The second-order valence-electron chi connectivity index (χ2n) is 28.3. The molecule has 3 aromatic rings. The first-order chi connectivity index (χ1) is 51.3. The van der Waals surface area contributed by atoms with Gasteiger partial charge in [-0.1, -0.05) is 72.6 Å². The number of benzene rings is 1. The van der Waals surface area contributed by atoms with Crippen molar-refractivity contribution in [3.8, 4) is 0 Å². The number of rotatable bonds is 50. The van der Waals surface area contributed by atoms with Crippen LogP contribution in [0.3, 0.4) is 0 Å². The lowest BCUT2D eigenvalue weighted by Crippen LogP contribution is -2.61. The Kier molecular flexibility index (Phi) is 39.5. The second-order valence-corrected chi connectivity index (χ2v) is 28.7. The smallest absolute Gasteiger partial charge is 0.326 e. The van der Waals surface area contributed by atoms with Gasteiger partial charge in [-0.05, 0) is 133 Å². The van der Waals surface area contributed by atoms with E-state index in [1.54, 1.807) is 33.9 Å². The van der Waals surface area contributed by atoms with E-state index in [0.29, 0.717) is 56.3 Å². The van der Waals surface area contributed by atoms with Gasteiger partial charge in [0.1, 0.15) is 66.5 Å². The largest absolute Gasteiger partial charge is 0.480 e. The zero-order valence-corrected chi connectivity index (χ0v) is 63.8. The molecule has 0 unspecified atom stereocenters. The molecule has 1 saturated heterocycles. The molecule has 2 aromatic heterocycles. The van der Waals surface area contributed by atoms with E-state index in [0.717, 1.165) is 15.8 Å². The topological polar surface area (TPSA) is 590 Å². The Bertz CT molecular complexity index is 3470. The van der Waals surface area contributed by atoms with Crippen LogP contribution in [0.1, 0.15) is 156 Å². The van der Waals surface area contributed by atoms with Crippen LogP contribution in [0.4, 0.5) is 0 Å². The lowest BCUT2D eigenvalue weighted by Gasteiger charge is -2.31. The quantitative estimate of drug-likeness (QED) is 0.0195. The Morgan fingerprint density at radius 1 is 0.593 bits per heavy atom. The zero-order valence-electron chi connectivity index (χ0n) is 62.9. The summed E-state index contributed by atoms with van der Waals surface area (Å²) in [4.78, 5) is 205. The molecule has 4 rings (SSSR count). The fourth-order valence-electron chi connectivity index (χ4n) is 12.2. The molecule has 108 heavy (non-hydrogen) atoms. The number of aliphatic hydroxyl groups excluding tert-OH is 1. The molecule has 25 N–H and O–H groups in total. The fraction of sp³-hybridized carbons (Fsp3) is 0.648. The summed E-state index contributed by atoms with van der Waals surface area (Å²) in [6, 6.07) is -9.08. The van der Waals surface area contributed by atoms with Crippen molar-refractivity contribution in [3.63, 3.8) is 0 Å². The van der Waals surface area contributed by atoms with Crippen LogP contribution in [-0.2, 0) is 80.0 Å². The first-order valence-electron chi connectivity index (χ1n) is 37.1. The van der Waals surface area contributed by atoms with Gasteiger partial charge in [0.2, 0.25) is 76.8 Å². The highest BCUT2D eigenvalue weighted by molar-refractivity contribution is 7.80. The van der Waals surface area contributed by atoms with Gasteiger partial charge in [0, 0.05) is 54.1 Å². The molecule has 0 radical (unpaired) electrons. The predicted octanol–water partition coefficient (Wildman–Crippen LogP) is -3.25. The second kappa shape index (κ2) is 46.8. The van der Waals surface area contributed by atoms with Crippen molar-refractivity contribution in [2.75, 3.05) is 38.5 Å². The molecule has 1 aliphatic heterocycles. The van der Waals surface area contributed by atoms with Crippen molar-refractivity contribution < 1.29 is 77.3 Å². The molecule has 1 aromatic carbocycles. The SMILES string of the molecule is CC[C@H](C)[C@H](NC(=O)[C@H](CS)NC(=O)[C@H](CC(N)=O)NC(=O)[C@H](CCCCN)NC(=O)[C@H](CCCCN)NC(=O)[C@@H]1CCCN1C(=O)[C@@H](NC(=O)CNC(=O)[C@H](Cc1cnc[nH]1)NC(=O)[C@H](CC(C)C)NC(=O)[C@H](Cc1c[nH]c2ccccc12)NC(=O)[C@H](CC(C)C)NC(=O)[C@@H](N)CCCCN)[C@@H](C)O)C(=O)O. The number of para-hydroxylation sites is 1. The number of amides is 13. The molecule has 1 aliphatic rings. The summed E-state index contributed by atoms with van der Waals surface area (Å²) < 4.78 is 0. The van der Waals surface area contributed by atoms with E-state index >= 15 is 0 Å². The number of aliphatic carboxylic acids is 1. The molecular formula is C71H116N20O16S. The predicted molar refractivity (Wildman–Crippen MR) is 403 cm³/mol. The van der Waals surface area contributed by atoms with Crippen molar-refractivity contribution >= 4 is 106 Å². The van der Waals surface area contributed by atoms with E-state index in [1.807, 2.05) is 38.1 Å². The number of aliphatic hydroxyl groups is 1. The van der Waals surface area contributed by atoms with E-state index in [9.17, 15) is 77.3 Å². The molecule has 0 bridgehead atoms. The number of nitrogens with one attached hydrogen (secondary N) is 13. The molecule has 13 amide bonds. The number of hydrogen-bond acceptors (Lipinski definition) is 21. The van der Waals surface area contributed by atoms with Crippen molar-refractivity contribution in [2.24, 2.45) is 46.4 Å². The van der Waals surface area contributed by atoms with Gasteiger partial charge in [0.05, 0.1) is 31.4 Å². The highest BCUT2D eigenvalue weighted by Gasteiger charge is 2.42. The number of nitrogens with two attached hydrogens (primary N) is 5. The first-order valence-corrected chi connectivity index (χ1v) is 37.7. The lowest BCUT2D eigenvalue weighted by atomic mass is 9.99. The third-order valence-electron chi connectivity index (χ3n) is 18.4. The number of hydrogen-bond donors (Lipinski definition) is 21. The Labute approximate surface area is 634 Å². The van der Waals surface area contributed by atoms with Crippen LogP contribution in [0, 0.1) is 17.8 Å². The number of imidazole rings is 1. The standard InChI is InChI=1S/C71H116N20O16S/c1-8-40(6)58(71(106)107)90-68(103)54(36-108)88-67(102)53(32-56(76)93)87-63(98)47(21-12-15-25-73)81-62(97)48(22-13-16-26-74)82-69(104)55-23-17-27-91(55)70(105)59(41(7)92)89-57(94)35-79-61(96)52(31-43-34-77-37-80-43)86-65(100)50(29-39(4)5)84-66(101)51(30-42-33-78-46-20-10-9-18-44(42)46)85-64(99)49(28-38(2)3)83-60(95)45(75)19-11-14-24-72/h9-10,18,20,33-34,37-41,45,47-55,58-59,78,92,108H,8,11-17,19,21-32,35-36,72-75H2,1-7H3,(H2,76,93)(H,77,80)(H,79,96)(H,81,97)(H,82,104)(H,83,95)(H,84,101)(H,85,99)(H,86,100)(H,87,98)(H,88,102)(H,89,94)(H,90,103)(H,106,107)/t40-,41+,45-,47-,48-,49-,50-,51-,52-,53-,54-,55-,58-,59-/m0/s1. The Morgan fingerprint density at radius 2 is 1.09 bits per heavy atom. The van der Waals surface area contributed by atoms with E-state index < -0.39 is 180 Å². The summed E-state index contributed by atoms with van der Waals surface area (Å²) in [5.74, 6) is -13.8. The van der Waals surface area contributed by atoms with Crippen molar-refractivity contribution in [1.29, 1.82) is 0 Å². The summed E-state index contributed by atoms with van der Waals surface area (Å²) in [6.07, 6.45) is 5.50. The molecule has 36 nitrogen and oxygen atoms in total. The molecule has 3 heterocycles. The van der Waals surface area contributed by atoms with Crippen LogP contribution in [-0.4, -0.2) is 230 Å². The number of carboxylic acid groups (broad SMARTS) is 1. The van der Waals surface area contributed by atoms with E-state index in [1.165, 1.54) is 19.4 Å². The van der Waals surface area contributed by atoms with Crippen molar-refractivity contribution in [2.45, 2.75) is 236 Å². The number of thiol groups is 1. The average Bonchev–Trinajstić information content (AvgIpc) is 1.66. The molecule has 0 aliphatic carbocycles. The third kappa shape index (κ3) is 30.0. The number of aromatic nitrogens is 3. The minimum Gasteiger partial charge on any atom is -0.480 e. The van der Waals surface area contributed by atoms with Gasteiger partial charge in [-0.15, -0.1) is 0 Å². The number of carboxylic acids is 1. The minimum absolute atomic E-state index is 0.0305. The van der Waals surface area contributed by atoms with Gasteiger partial charge in [-0.25, -0.2) is 9.78 Å². The Balaban J connectivity index is 1.52. The maximum atomic E-state index is 14.8. The first kappa shape index (κ1) is 91.1. The molecular weight excluding hydrogens is 1420 g/mol. The number of carbonyl (C=O) groups excluding carboxylic acids is 13. The van der Waals surface area contributed by atoms with Gasteiger partial charge < -0.3 is 112 Å². The van der Waals surface area contributed by atoms with Crippen LogP contribution in [0.25, 0.3) is 10.9 Å². The fourth-order valence-corrected chi connectivity index (χ4v) is 12.5. The molecule has 0 saturated carbocycles. The van der Waals surface area contributed by atoms with Crippen LogP contribution in [0.2, 0.25) is 0 Å². The maximum absolute atomic E-state index is 14.8. The molecule has 1 fully saturated rings. The number of unbranched alkanes of at least 4 members (excludes halogenated alkanes) is 3. The van der Waals surface area contributed by atoms with Crippen LogP contribution < -0.4 is 87.2 Å². The van der Waals surface area contributed by atoms with E-state index in [-0.39, 0.29) is 101 Å². The zero-order chi connectivity index (χ0) is 80.3. The lowest BCUT2D eigenvalue weighted by molar-refractivity contribution is -0.144. The molecule has 0 spiro atoms. The Hall–Kier alpha value is -9.30. The number of nitrogens with zero attached hydrogens (tertiary/aromatic N) is 2. The summed E-state index contributed by atoms with van der Waals surface area (Å²) in [5, 5.41) is 50.1. The van der Waals surface area contributed by atoms with Crippen LogP contribution in [0.5, 0.6) is 0 Å². The number of carbonyl (C=O) groups is 14. The number of aromatic amines is 2. The van der Waals surface area contributed by atoms with Crippen LogP contribution in [0.15, 0.2) is 43.0 Å². The van der Waals surface area contributed by atoms with Crippen molar-refractivity contribution in [1.82, 2.24) is 78.3 Å². The van der Waals surface area contributed by atoms with Gasteiger partial charge in [-0.2, -0.15) is 12.6 Å². The number of H-pyrrole nitrogens is 2. The Morgan fingerprint density at radius 3 is 1.63 bits per heavy atom. The summed E-state index contributed by atoms with van der Waals surface area (Å²) >= 11 is 4.15. The molecule has 602 valence electrons. The minimum atomic E-state index is -1.72. The summed E-state index contributed by atoms with van der Waals surface area (Å²) in [6.45, 7) is 11.8. The van der Waals surface area contributed by atoms with Crippen LogP contribution >= 0.6 is 12.6 Å². The van der Waals surface area contributed by atoms with Crippen molar-refractivity contribution in [3.05, 3.63) is 54.2 Å². The highest BCUT2D eigenvalue weighted by atomic mass is 32.1. The summed E-state index contributed by atoms with van der Waals surface area (Å²) in [7, 11) is 0. The average molecular weight is 1540 g/mol. The van der Waals surface area contributed by atoms with E-state index in [2.05, 4.69) is 86.1 Å². The molecule has 37 heteroatoms. The van der Waals surface area contributed by atoms with Gasteiger partial charge in [-0.3, -0.25) is 62.3 Å². The van der Waals surface area contributed by atoms with Gasteiger partial charge >= 0.3 is 5.97 Å². The van der Waals surface area contributed by atoms with Gasteiger partial charge in [0.15, 0.2) is 0 Å². The monoisotopic (exact) mass is 1540 g/mol. The number of likely N-dealkylation sites (tertiary alicyclic amines) is 1. The normalized spacial score (nSPS) is 16.4. The highest BCUT2D eigenvalue weighted by Crippen LogP contribution is 2.23. The van der Waals surface area contributed by atoms with Gasteiger partial charge in [0.25, 0.3) is 0 Å². The van der Waals surface area contributed by atoms with E-state index in [4.69, 9.17) is 28.7 Å². The third-order valence-corrected chi connectivity index (χ3v) is 18.8. The number of fused-ring (bicyclic) bond motifs is 1.